The van der Waals surface area contributed by atoms with Crippen molar-refractivity contribution in [2.75, 3.05) is 31.6 Å². The van der Waals surface area contributed by atoms with E-state index in [1.165, 1.54) is 18.4 Å². The number of hydrogen-bond acceptors (Lipinski definition) is 5. The standard InChI is InChI=1S/C22H28N4O2/c27-10-3-11-28-21-6-1-4-17(12-21)15-26-9-2-5-20(16-26)24-19-7-8-22-18(13-19)14-23-25-22/h1,4,6-8,12-14,20,24,27H,2-3,5,9-11,15-16H2,(H,23,25)/t20-/m0/s1. The third kappa shape index (κ3) is 4.82. The fourth-order valence-electron chi connectivity index (χ4n) is 3.83. The minimum absolute atomic E-state index is 0.162. The second kappa shape index (κ2) is 9.08. The van der Waals surface area contributed by atoms with Gasteiger partial charge in [-0.25, -0.2) is 0 Å². The van der Waals surface area contributed by atoms with Crippen LogP contribution in [0.1, 0.15) is 24.8 Å². The molecule has 0 amide bonds. The van der Waals surface area contributed by atoms with Crippen LogP contribution in [-0.4, -0.2) is 52.5 Å². The van der Waals surface area contributed by atoms with Crippen molar-refractivity contribution in [2.24, 2.45) is 0 Å². The lowest BCUT2D eigenvalue weighted by molar-refractivity contribution is 0.208. The van der Waals surface area contributed by atoms with Crippen molar-refractivity contribution in [2.45, 2.75) is 31.8 Å². The van der Waals surface area contributed by atoms with E-state index in [0.717, 1.165) is 42.0 Å². The monoisotopic (exact) mass is 380 g/mol. The van der Waals surface area contributed by atoms with Gasteiger partial charge in [0.25, 0.3) is 0 Å². The van der Waals surface area contributed by atoms with Crippen molar-refractivity contribution < 1.29 is 9.84 Å². The Hall–Kier alpha value is -2.57. The minimum atomic E-state index is 0.162. The van der Waals surface area contributed by atoms with Gasteiger partial charge in [0, 0.05) is 43.2 Å². The van der Waals surface area contributed by atoms with Gasteiger partial charge >= 0.3 is 0 Å². The Morgan fingerprint density at radius 3 is 3.14 bits per heavy atom. The number of hydrogen-bond donors (Lipinski definition) is 3. The Morgan fingerprint density at radius 2 is 2.21 bits per heavy atom. The van der Waals surface area contributed by atoms with Crippen molar-refractivity contribution in [1.29, 1.82) is 0 Å². The first-order chi connectivity index (χ1) is 13.8. The molecule has 1 fully saturated rings. The summed E-state index contributed by atoms with van der Waals surface area (Å²) in [5.74, 6) is 0.881. The van der Waals surface area contributed by atoms with E-state index in [1.54, 1.807) is 0 Å². The summed E-state index contributed by atoms with van der Waals surface area (Å²) in [6, 6.07) is 15.1. The molecule has 2 heterocycles. The zero-order valence-electron chi connectivity index (χ0n) is 16.1. The number of H-pyrrole nitrogens is 1. The highest BCUT2D eigenvalue weighted by Gasteiger charge is 2.20. The second-order valence-electron chi connectivity index (χ2n) is 7.46. The number of benzene rings is 2. The molecule has 3 N–H and O–H groups in total. The van der Waals surface area contributed by atoms with Crippen LogP contribution in [0.15, 0.2) is 48.7 Å². The number of ether oxygens (including phenoxy) is 1. The average molecular weight is 380 g/mol. The van der Waals surface area contributed by atoms with Crippen molar-refractivity contribution >= 4 is 16.6 Å². The Kier molecular flexibility index (Phi) is 6.09. The molecule has 148 valence electrons. The maximum absolute atomic E-state index is 8.89. The van der Waals surface area contributed by atoms with Gasteiger partial charge in [0.15, 0.2) is 0 Å². The summed E-state index contributed by atoms with van der Waals surface area (Å²) in [6.07, 6.45) is 4.90. The van der Waals surface area contributed by atoms with E-state index in [0.29, 0.717) is 19.1 Å². The molecule has 1 aliphatic rings. The molecule has 1 aliphatic heterocycles. The summed E-state index contributed by atoms with van der Waals surface area (Å²) < 4.78 is 5.71. The molecule has 2 aromatic carbocycles. The van der Waals surface area contributed by atoms with E-state index in [4.69, 9.17) is 9.84 Å². The third-order valence-electron chi connectivity index (χ3n) is 5.19. The summed E-state index contributed by atoms with van der Waals surface area (Å²) in [4.78, 5) is 2.50. The quantitative estimate of drug-likeness (QED) is 0.523. The Morgan fingerprint density at radius 1 is 1.25 bits per heavy atom. The molecule has 0 unspecified atom stereocenters. The first-order valence-electron chi connectivity index (χ1n) is 10.0. The fraction of sp³-hybridized carbons (Fsp3) is 0.409. The zero-order valence-corrected chi connectivity index (χ0v) is 16.1. The Bertz CT molecular complexity index is 895. The SMILES string of the molecule is OCCCOc1cccc(CN2CCC[C@H](Nc3ccc4[nH]ncc4c3)C2)c1. The van der Waals surface area contributed by atoms with Gasteiger partial charge in [0.2, 0.25) is 0 Å². The predicted molar refractivity (Wildman–Crippen MR) is 112 cm³/mol. The van der Waals surface area contributed by atoms with Crippen LogP contribution in [0.2, 0.25) is 0 Å². The van der Waals surface area contributed by atoms with Crippen molar-refractivity contribution in [3.63, 3.8) is 0 Å². The molecule has 1 saturated heterocycles. The van der Waals surface area contributed by atoms with Crippen LogP contribution in [0, 0.1) is 0 Å². The number of piperidine rings is 1. The van der Waals surface area contributed by atoms with Gasteiger partial charge in [-0.3, -0.25) is 10.00 Å². The highest BCUT2D eigenvalue weighted by molar-refractivity contribution is 5.81. The number of aliphatic hydroxyl groups excluding tert-OH is 1. The van der Waals surface area contributed by atoms with Crippen LogP contribution in [0.3, 0.4) is 0 Å². The van der Waals surface area contributed by atoms with E-state index < -0.39 is 0 Å². The summed E-state index contributed by atoms with van der Waals surface area (Å²) in [7, 11) is 0. The Labute approximate surface area is 165 Å². The van der Waals surface area contributed by atoms with E-state index in [9.17, 15) is 0 Å². The van der Waals surface area contributed by atoms with Gasteiger partial charge in [0.05, 0.1) is 18.3 Å². The lowest BCUT2D eigenvalue weighted by Crippen LogP contribution is -2.41. The number of nitrogens with zero attached hydrogens (tertiary/aromatic N) is 2. The number of aromatic amines is 1. The zero-order chi connectivity index (χ0) is 19.2. The fourth-order valence-corrected chi connectivity index (χ4v) is 3.83. The smallest absolute Gasteiger partial charge is 0.119 e. The number of aliphatic hydroxyl groups is 1. The highest BCUT2D eigenvalue weighted by Crippen LogP contribution is 2.22. The van der Waals surface area contributed by atoms with Gasteiger partial charge in [-0.1, -0.05) is 12.1 Å². The highest BCUT2D eigenvalue weighted by atomic mass is 16.5. The lowest BCUT2D eigenvalue weighted by atomic mass is 10.0. The Balaban J connectivity index is 1.34. The normalized spacial score (nSPS) is 17.7. The summed E-state index contributed by atoms with van der Waals surface area (Å²) in [6.45, 7) is 3.79. The van der Waals surface area contributed by atoms with Gasteiger partial charge in [-0.05, 0) is 55.3 Å². The molecule has 1 aromatic heterocycles. The number of aromatic nitrogens is 2. The number of nitrogens with one attached hydrogen (secondary N) is 2. The van der Waals surface area contributed by atoms with Crippen molar-refractivity contribution in [3.05, 3.63) is 54.2 Å². The van der Waals surface area contributed by atoms with Crippen LogP contribution in [0.5, 0.6) is 5.75 Å². The first kappa shape index (κ1) is 18.8. The largest absolute Gasteiger partial charge is 0.493 e. The molecular formula is C22H28N4O2. The molecule has 0 saturated carbocycles. The molecule has 28 heavy (non-hydrogen) atoms. The average Bonchev–Trinajstić information content (AvgIpc) is 3.17. The van der Waals surface area contributed by atoms with Crippen molar-refractivity contribution in [3.8, 4) is 5.75 Å². The molecule has 0 spiro atoms. The van der Waals surface area contributed by atoms with Gasteiger partial charge < -0.3 is 15.2 Å². The predicted octanol–water partition coefficient (Wildman–Crippen LogP) is 3.40. The first-order valence-corrected chi connectivity index (χ1v) is 10.0. The maximum Gasteiger partial charge on any atom is 0.119 e. The molecule has 4 rings (SSSR count). The number of fused-ring (bicyclic) bond motifs is 1. The van der Waals surface area contributed by atoms with Crippen LogP contribution >= 0.6 is 0 Å². The molecular weight excluding hydrogens is 352 g/mol. The van der Waals surface area contributed by atoms with Crippen LogP contribution < -0.4 is 10.1 Å². The van der Waals surface area contributed by atoms with Gasteiger partial charge in [-0.2, -0.15) is 5.10 Å². The molecule has 1 atom stereocenters. The minimum Gasteiger partial charge on any atom is -0.493 e. The van der Waals surface area contributed by atoms with E-state index in [1.807, 2.05) is 18.3 Å². The summed E-state index contributed by atoms with van der Waals surface area (Å²) in [5, 5.41) is 20.8. The van der Waals surface area contributed by atoms with E-state index in [-0.39, 0.29) is 6.61 Å². The number of anilines is 1. The van der Waals surface area contributed by atoms with Gasteiger partial charge in [0.1, 0.15) is 5.75 Å². The number of rotatable bonds is 8. The van der Waals surface area contributed by atoms with E-state index in [2.05, 4.69) is 50.7 Å². The topological polar surface area (TPSA) is 73.4 Å². The van der Waals surface area contributed by atoms with E-state index >= 15 is 0 Å². The molecule has 6 heteroatoms. The summed E-state index contributed by atoms with van der Waals surface area (Å²) >= 11 is 0. The second-order valence-corrected chi connectivity index (χ2v) is 7.46. The molecule has 0 bridgehead atoms. The van der Waals surface area contributed by atoms with Gasteiger partial charge in [-0.15, -0.1) is 0 Å². The lowest BCUT2D eigenvalue weighted by Gasteiger charge is -2.33. The molecule has 0 radical (unpaired) electrons. The third-order valence-corrected chi connectivity index (χ3v) is 5.19. The summed E-state index contributed by atoms with van der Waals surface area (Å²) in [5.41, 5.74) is 3.49. The maximum atomic E-state index is 8.89. The van der Waals surface area contributed by atoms with Crippen LogP contribution in [0.25, 0.3) is 10.9 Å². The molecule has 0 aliphatic carbocycles. The molecule has 6 nitrogen and oxygen atoms in total. The van der Waals surface area contributed by atoms with Crippen LogP contribution in [-0.2, 0) is 6.54 Å². The number of likely N-dealkylation sites (tertiary alicyclic amines) is 1. The van der Waals surface area contributed by atoms with Crippen LogP contribution in [0.4, 0.5) is 5.69 Å². The van der Waals surface area contributed by atoms with Crippen molar-refractivity contribution in [1.82, 2.24) is 15.1 Å². The molecule has 3 aromatic rings.